The SMILES string of the molecule is [C-]#[N+]c1ccc(-c2ccc(S(=O)(=O)NC3CCC(C)(O)CC3)cc2)c(Cl)c1. The highest BCUT2D eigenvalue weighted by atomic mass is 35.5. The van der Waals surface area contributed by atoms with Crippen LogP contribution >= 0.6 is 11.6 Å². The van der Waals surface area contributed by atoms with Crippen LogP contribution in [0.1, 0.15) is 32.6 Å². The molecule has 3 rings (SSSR count). The molecule has 0 saturated heterocycles. The summed E-state index contributed by atoms with van der Waals surface area (Å²) in [4.78, 5) is 3.53. The molecule has 2 aromatic carbocycles. The third kappa shape index (κ3) is 4.69. The molecule has 2 aromatic rings. The van der Waals surface area contributed by atoms with E-state index in [2.05, 4.69) is 9.57 Å². The zero-order chi connectivity index (χ0) is 19.7. The van der Waals surface area contributed by atoms with Crippen molar-refractivity contribution in [3.8, 4) is 11.1 Å². The number of halogens is 1. The lowest BCUT2D eigenvalue weighted by Crippen LogP contribution is -2.42. The Bertz CT molecular complexity index is 969. The van der Waals surface area contributed by atoms with Crippen LogP contribution in [0.4, 0.5) is 5.69 Å². The predicted molar refractivity (Wildman–Crippen MR) is 106 cm³/mol. The lowest BCUT2D eigenvalue weighted by atomic mass is 9.84. The van der Waals surface area contributed by atoms with E-state index in [1.54, 1.807) is 49.4 Å². The van der Waals surface area contributed by atoms with E-state index >= 15 is 0 Å². The molecule has 0 radical (unpaired) electrons. The molecule has 0 heterocycles. The van der Waals surface area contributed by atoms with Crippen molar-refractivity contribution in [1.82, 2.24) is 4.72 Å². The van der Waals surface area contributed by atoms with Gasteiger partial charge in [-0.2, -0.15) is 0 Å². The van der Waals surface area contributed by atoms with Crippen LogP contribution in [0, 0.1) is 6.57 Å². The smallest absolute Gasteiger partial charge is 0.240 e. The summed E-state index contributed by atoms with van der Waals surface area (Å²) in [5, 5.41) is 10.4. The summed E-state index contributed by atoms with van der Waals surface area (Å²) in [6.45, 7) is 8.80. The average Bonchev–Trinajstić information content (AvgIpc) is 2.63. The van der Waals surface area contributed by atoms with Gasteiger partial charge in [-0.25, -0.2) is 18.0 Å². The fourth-order valence-electron chi connectivity index (χ4n) is 3.27. The Morgan fingerprint density at radius 2 is 1.81 bits per heavy atom. The minimum atomic E-state index is -3.62. The molecule has 1 saturated carbocycles. The van der Waals surface area contributed by atoms with Crippen molar-refractivity contribution >= 4 is 27.3 Å². The van der Waals surface area contributed by atoms with Gasteiger partial charge in [0.2, 0.25) is 10.0 Å². The van der Waals surface area contributed by atoms with Gasteiger partial charge in [0, 0.05) is 11.1 Å². The summed E-state index contributed by atoms with van der Waals surface area (Å²) in [6.07, 6.45) is 2.40. The molecular weight excluding hydrogens is 384 g/mol. The van der Waals surface area contributed by atoms with E-state index in [0.29, 0.717) is 36.4 Å². The van der Waals surface area contributed by atoms with Crippen LogP contribution in [-0.4, -0.2) is 25.2 Å². The van der Waals surface area contributed by atoms with Crippen molar-refractivity contribution in [2.75, 3.05) is 0 Å². The number of hydrogen-bond donors (Lipinski definition) is 2. The molecule has 0 amide bonds. The van der Waals surface area contributed by atoms with Crippen LogP contribution in [0.3, 0.4) is 0 Å². The summed E-state index contributed by atoms with van der Waals surface area (Å²) < 4.78 is 28.0. The summed E-state index contributed by atoms with van der Waals surface area (Å²) >= 11 is 6.23. The highest BCUT2D eigenvalue weighted by Crippen LogP contribution is 2.32. The summed E-state index contributed by atoms with van der Waals surface area (Å²) in [7, 11) is -3.62. The minimum absolute atomic E-state index is 0.162. The molecule has 2 N–H and O–H groups in total. The number of hydrogen-bond acceptors (Lipinski definition) is 3. The molecule has 0 bridgehead atoms. The topological polar surface area (TPSA) is 70.8 Å². The number of benzene rings is 2. The number of aliphatic hydroxyl groups is 1. The van der Waals surface area contributed by atoms with Crippen molar-refractivity contribution in [3.05, 3.63) is 58.9 Å². The quantitative estimate of drug-likeness (QED) is 0.735. The highest BCUT2D eigenvalue weighted by molar-refractivity contribution is 7.89. The third-order valence-electron chi connectivity index (χ3n) is 4.94. The molecule has 7 heteroatoms. The third-order valence-corrected chi connectivity index (χ3v) is 6.79. The summed E-state index contributed by atoms with van der Waals surface area (Å²) in [5.74, 6) is 0. The lowest BCUT2D eigenvalue weighted by Gasteiger charge is -2.33. The maximum Gasteiger partial charge on any atom is 0.240 e. The first-order valence-corrected chi connectivity index (χ1v) is 10.6. The van der Waals surface area contributed by atoms with E-state index < -0.39 is 15.6 Å². The van der Waals surface area contributed by atoms with Crippen LogP contribution in [0.2, 0.25) is 5.02 Å². The van der Waals surface area contributed by atoms with Crippen molar-refractivity contribution in [2.45, 2.75) is 49.1 Å². The van der Waals surface area contributed by atoms with E-state index in [1.165, 1.54) is 0 Å². The first-order chi connectivity index (χ1) is 12.7. The Morgan fingerprint density at radius 1 is 1.19 bits per heavy atom. The average molecular weight is 405 g/mol. The van der Waals surface area contributed by atoms with E-state index in [9.17, 15) is 13.5 Å². The lowest BCUT2D eigenvalue weighted by molar-refractivity contribution is 0.0163. The van der Waals surface area contributed by atoms with E-state index in [-0.39, 0.29) is 10.9 Å². The second-order valence-corrected chi connectivity index (χ2v) is 9.31. The van der Waals surface area contributed by atoms with Gasteiger partial charge in [0.1, 0.15) is 0 Å². The van der Waals surface area contributed by atoms with Gasteiger partial charge in [-0.1, -0.05) is 35.9 Å². The Labute approximate surface area is 164 Å². The number of nitrogens with one attached hydrogen (secondary N) is 1. The fourth-order valence-corrected chi connectivity index (χ4v) is 4.86. The van der Waals surface area contributed by atoms with Crippen molar-refractivity contribution in [3.63, 3.8) is 0 Å². The van der Waals surface area contributed by atoms with Crippen molar-refractivity contribution in [2.24, 2.45) is 0 Å². The Morgan fingerprint density at radius 3 is 2.37 bits per heavy atom. The van der Waals surface area contributed by atoms with Crippen LogP contribution in [0.5, 0.6) is 0 Å². The number of nitrogens with zero attached hydrogens (tertiary/aromatic N) is 1. The van der Waals surface area contributed by atoms with Gasteiger partial charge in [0.05, 0.1) is 17.1 Å². The first-order valence-electron chi connectivity index (χ1n) is 8.72. The van der Waals surface area contributed by atoms with Crippen molar-refractivity contribution in [1.29, 1.82) is 0 Å². The maximum atomic E-state index is 12.6. The fraction of sp³-hybridized carbons (Fsp3) is 0.350. The molecule has 0 atom stereocenters. The van der Waals surface area contributed by atoms with E-state index in [4.69, 9.17) is 18.2 Å². The largest absolute Gasteiger partial charge is 0.390 e. The van der Waals surface area contributed by atoms with Gasteiger partial charge in [0.15, 0.2) is 5.69 Å². The minimum Gasteiger partial charge on any atom is -0.390 e. The second-order valence-electron chi connectivity index (χ2n) is 7.19. The standard InChI is InChI=1S/C20H21ClN2O3S/c1-20(24)11-9-15(10-12-20)23-27(25,26)17-6-3-14(4-7-17)18-8-5-16(22-2)13-19(18)21/h3-8,13,15,23-24H,9-12H2,1H3. The zero-order valence-electron chi connectivity index (χ0n) is 14.9. The molecule has 1 aliphatic carbocycles. The van der Waals surface area contributed by atoms with E-state index in [1.807, 2.05) is 0 Å². The molecule has 1 fully saturated rings. The highest BCUT2D eigenvalue weighted by Gasteiger charge is 2.31. The predicted octanol–water partition coefficient (Wildman–Crippen LogP) is 4.53. The molecule has 0 unspecified atom stereocenters. The normalized spacial score (nSPS) is 23.0. The Balaban J connectivity index is 1.76. The second kappa shape index (κ2) is 7.61. The first kappa shape index (κ1) is 19.8. The van der Waals surface area contributed by atoms with Crippen LogP contribution < -0.4 is 4.72 Å². The monoisotopic (exact) mass is 404 g/mol. The molecule has 142 valence electrons. The van der Waals surface area contributed by atoms with E-state index in [0.717, 1.165) is 11.1 Å². The van der Waals surface area contributed by atoms with Crippen LogP contribution in [0.15, 0.2) is 47.4 Å². The molecule has 1 aliphatic rings. The van der Waals surface area contributed by atoms with Crippen LogP contribution in [0.25, 0.3) is 16.0 Å². The van der Waals surface area contributed by atoms with Gasteiger partial charge in [-0.3, -0.25) is 0 Å². The summed E-state index contributed by atoms with van der Waals surface area (Å²) in [6, 6.07) is 11.4. The summed E-state index contributed by atoms with van der Waals surface area (Å²) in [5.41, 5.74) is 1.28. The van der Waals surface area contributed by atoms with Crippen molar-refractivity contribution < 1.29 is 13.5 Å². The molecule has 27 heavy (non-hydrogen) atoms. The van der Waals surface area contributed by atoms with Gasteiger partial charge in [0.25, 0.3) is 0 Å². The van der Waals surface area contributed by atoms with Gasteiger partial charge >= 0.3 is 0 Å². The number of rotatable bonds is 4. The zero-order valence-corrected chi connectivity index (χ0v) is 16.5. The molecule has 0 aromatic heterocycles. The maximum absolute atomic E-state index is 12.6. The Kier molecular flexibility index (Phi) is 5.59. The van der Waals surface area contributed by atoms with Crippen LogP contribution in [-0.2, 0) is 10.0 Å². The van der Waals surface area contributed by atoms with Gasteiger partial charge < -0.3 is 5.11 Å². The Hall–Kier alpha value is -1.91. The molecule has 5 nitrogen and oxygen atoms in total. The van der Waals surface area contributed by atoms with Gasteiger partial charge in [-0.05, 0) is 61.9 Å². The molecule has 0 spiro atoms. The van der Waals surface area contributed by atoms with Gasteiger partial charge in [-0.15, -0.1) is 0 Å². The molecular formula is C20H21ClN2O3S. The molecule has 0 aliphatic heterocycles. The number of sulfonamides is 1.